The minimum atomic E-state index is 0. The number of aryl methyl sites for hydroxylation is 1. The first kappa shape index (κ1) is 20.7. The fourth-order valence-electron chi connectivity index (χ4n) is 2.83. The van der Waals surface area contributed by atoms with E-state index in [-0.39, 0.29) is 29.5 Å². The first-order chi connectivity index (χ1) is 12.2. The van der Waals surface area contributed by atoms with Gasteiger partial charge in [0.25, 0.3) is 0 Å². The van der Waals surface area contributed by atoms with E-state index < -0.39 is 0 Å². The summed E-state index contributed by atoms with van der Waals surface area (Å²) in [5.74, 6) is 0.621. The number of aliphatic imine (C=N–C) groups is 1. The average Bonchev–Trinajstić information content (AvgIpc) is 3.17. The second kappa shape index (κ2) is 10.5. The SMILES string of the molecule is I.NC(=NCCCCn1ccccc1=O)N1CCN(c2nccs2)CC1. The molecule has 2 aromatic rings. The number of rotatable bonds is 6. The maximum Gasteiger partial charge on any atom is 0.250 e. The Hall–Kier alpha value is -1.62. The van der Waals surface area contributed by atoms with Gasteiger partial charge < -0.3 is 20.1 Å². The van der Waals surface area contributed by atoms with Crippen molar-refractivity contribution < 1.29 is 0 Å². The van der Waals surface area contributed by atoms with Crippen LogP contribution >= 0.6 is 35.3 Å². The summed E-state index contributed by atoms with van der Waals surface area (Å²) < 4.78 is 1.73. The molecule has 26 heavy (non-hydrogen) atoms. The molecule has 0 saturated carbocycles. The number of thiazole rings is 1. The summed E-state index contributed by atoms with van der Waals surface area (Å²) in [4.78, 5) is 24.9. The number of piperazine rings is 1. The number of anilines is 1. The minimum absolute atomic E-state index is 0. The van der Waals surface area contributed by atoms with Crippen molar-refractivity contribution in [3.05, 3.63) is 46.3 Å². The van der Waals surface area contributed by atoms with Crippen LogP contribution in [0, 0.1) is 0 Å². The van der Waals surface area contributed by atoms with Gasteiger partial charge in [0.2, 0.25) is 5.56 Å². The van der Waals surface area contributed by atoms with E-state index in [4.69, 9.17) is 5.73 Å². The van der Waals surface area contributed by atoms with E-state index in [1.54, 1.807) is 28.0 Å². The molecule has 1 aliphatic heterocycles. The number of guanidine groups is 1. The van der Waals surface area contributed by atoms with E-state index in [1.165, 1.54) is 0 Å². The highest BCUT2D eigenvalue weighted by atomic mass is 127. The molecular formula is C17H25IN6OS. The third-order valence-corrected chi connectivity index (χ3v) is 5.11. The van der Waals surface area contributed by atoms with Gasteiger partial charge in [-0.15, -0.1) is 35.3 Å². The maximum absolute atomic E-state index is 11.6. The smallest absolute Gasteiger partial charge is 0.250 e. The number of pyridine rings is 1. The Morgan fingerprint density at radius 1 is 1.23 bits per heavy atom. The van der Waals surface area contributed by atoms with Crippen LogP contribution in [-0.4, -0.2) is 53.1 Å². The number of nitrogens with zero attached hydrogens (tertiary/aromatic N) is 5. The zero-order valence-electron chi connectivity index (χ0n) is 14.7. The van der Waals surface area contributed by atoms with Gasteiger partial charge in [0.1, 0.15) is 0 Å². The van der Waals surface area contributed by atoms with Gasteiger partial charge in [-0.3, -0.25) is 9.79 Å². The molecule has 0 bridgehead atoms. The fourth-order valence-corrected chi connectivity index (χ4v) is 3.53. The van der Waals surface area contributed by atoms with E-state index in [0.717, 1.165) is 50.7 Å². The quantitative estimate of drug-likeness (QED) is 0.291. The third-order valence-electron chi connectivity index (χ3n) is 4.27. The third kappa shape index (κ3) is 5.70. The van der Waals surface area contributed by atoms with Gasteiger partial charge in [-0.2, -0.15) is 0 Å². The van der Waals surface area contributed by atoms with Crippen LogP contribution in [0.25, 0.3) is 0 Å². The van der Waals surface area contributed by atoms with Gasteiger partial charge in [0.05, 0.1) is 0 Å². The first-order valence-electron chi connectivity index (χ1n) is 8.59. The van der Waals surface area contributed by atoms with Gasteiger partial charge in [-0.25, -0.2) is 4.98 Å². The zero-order chi connectivity index (χ0) is 17.5. The molecule has 2 N–H and O–H groups in total. The van der Waals surface area contributed by atoms with Crippen molar-refractivity contribution in [3.8, 4) is 0 Å². The minimum Gasteiger partial charge on any atom is -0.370 e. The summed E-state index contributed by atoms with van der Waals surface area (Å²) in [5.41, 5.74) is 6.16. The maximum atomic E-state index is 11.6. The van der Waals surface area contributed by atoms with Crippen molar-refractivity contribution in [2.45, 2.75) is 19.4 Å². The topological polar surface area (TPSA) is 79.8 Å². The molecule has 0 atom stereocenters. The summed E-state index contributed by atoms with van der Waals surface area (Å²) in [5, 5.41) is 3.08. The highest BCUT2D eigenvalue weighted by molar-refractivity contribution is 14.0. The zero-order valence-corrected chi connectivity index (χ0v) is 17.8. The molecule has 0 unspecified atom stereocenters. The lowest BCUT2D eigenvalue weighted by Crippen LogP contribution is -2.51. The molecule has 3 heterocycles. The summed E-state index contributed by atoms with van der Waals surface area (Å²) in [7, 11) is 0. The summed E-state index contributed by atoms with van der Waals surface area (Å²) in [6, 6.07) is 5.22. The van der Waals surface area contributed by atoms with Crippen LogP contribution in [0.2, 0.25) is 0 Å². The van der Waals surface area contributed by atoms with Crippen molar-refractivity contribution in [2.24, 2.45) is 10.7 Å². The highest BCUT2D eigenvalue weighted by Crippen LogP contribution is 2.18. The van der Waals surface area contributed by atoms with E-state index in [2.05, 4.69) is 19.8 Å². The predicted octanol–water partition coefficient (Wildman–Crippen LogP) is 1.84. The van der Waals surface area contributed by atoms with Crippen molar-refractivity contribution in [2.75, 3.05) is 37.6 Å². The lowest BCUT2D eigenvalue weighted by atomic mass is 10.3. The molecule has 7 nitrogen and oxygen atoms in total. The van der Waals surface area contributed by atoms with Gasteiger partial charge >= 0.3 is 0 Å². The lowest BCUT2D eigenvalue weighted by Gasteiger charge is -2.35. The molecule has 0 amide bonds. The Balaban J connectivity index is 0.00000243. The molecule has 142 valence electrons. The van der Waals surface area contributed by atoms with Crippen LogP contribution in [0.15, 0.2) is 45.8 Å². The first-order valence-corrected chi connectivity index (χ1v) is 9.47. The summed E-state index contributed by atoms with van der Waals surface area (Å²) >= 11 is 1.67. The highest BCUT2D eigenvalue weighted by Gasteiger charge is 2.19. The van der Waals surface area contributed by atoms with Crippen LogP contribution in [0.4, 0.5) is 5.13 Å². The van der Waals surface area contributed by atoms with E-state index in [1.807, 2.05) is 23.8 Å². The van der Waals surface area contributed by atoms with Crippen molar-refractivity contribution in [1.29, 1.82) is 0 Å². The van der Waals surface area contributed by atoms with Crippen LogP contribution in [0.3, 0.4) is 0 Å². The van der Waals surface area contributed by atoms with E-state index >= 15 is 0 Å². The summed E-state index contributed by atoms with van der Waals surface area (Å²) in [6.07, 6.45) is 5.49. The molecule has 0 aliphatic carbocycles. The number of unbranched alkanes of at least 4 members (excludes halogenated alkanes) is 1. The van der Waals surface area contributed by atoms with Crippen LogP contribution in [-0.2, 0) is 6.54 Å². The van der Waals surface area contributed by atoms with Gasteiger partial charge in [0, 0.05) is 63.1 Å². The Kier molecular flexibility index (Phi) is 8.36. The normalized spacial score (nSPS) is 15.0. The van der Waals surface area contributed by atoms with E-state index in [9.17, 15) is 4.79 Å². The summed E-state index contributed by atoms with van der Waals surface area (Å²) in [6.45, 7) is 4.99. The standard InChI is InChI=1S/C17H24N6OS.HI/c18-16(19-6-2-4-9-21-8-3-1-5-15(21)24)22-10-12-23(13-11-22)17-20-7-14-25-17;/h1,3,5,7-8,14H,2,4,6,9-13H2,(H2,18,19);1H. The number of nitrogens with two attached hydrogens (primary N) is 1. The Morgan fingerprint density at radius 3 is 2.73 bits per heavy atom. The Bertz CT molecular complexity index is 740. The monoisotopic (exact) mass is 488 g/mol. The Labute approximate surface area is 174 Å². The second-order valence-electron chi connectivity index (χ2n) is 5.97. The molecule has 1 saturated heterocycles. The van der Waals surface area contributed by atoms with Gasteiger partial charge in [-0.05, 0) is 18.9 Å². The van der Waals surface area contributed by atoms with Crippen LogP contribution < -0.4 is 16.2 Å². The molecule has 1 fully saturated rings. The predicted molar refractivity (Wildman–Crippen MR) is 118 cm³/mol. The molecule has 2 aromatic heterocycles. The fraction of sp³-hybridized carbons (Fsp3) is 0.471. The Morgan fingerprint density at radius 2 is 2.04 bits per heavy atom. The second-order valence-corrected chi connectivity index (χ2v) is 6.84. The molecule has 0 spiro atoms. The van der Waals surface area contributed by atoms with Crippen molar-refractivity contribution in [3.63, 3.8) is 0 Å². The molecule has 0 aromatic carbocycles. The lowest BCUT2D eigenvalue weighted by molar-refractivity contribution is 0.380. The molecular weight excluding hydrogens is 463 g/mol. The average molecular weight is 488 g/mol. The number of aromatic nitrogens is 2. The largest absolute Gasteiger partial charge is 0.370 e. The molecule has 1 aliphatic rings. The van der Waals surface area contributed by atoms with Crippen molar-refractivity contribution >= 4 is 46.4 Å². The van der Waals surface area contributed by atoms with Crippen LogP contribution in [0.5, 0.6) is 0 Å². The van der Waals surface area contributed by atoms with Gasteiger partial charge in [-0.1, -0.05) is 6.07 Å². The number of hydrogen-bond donors (Lipinski definition) is 1. The number of halogens is 1. The van der Waals surface area contributed by atoms with Crippen molar-refractivity contribution in [1.82, 2.24) is 14.5 Å². The van der Waals surface area contributed by atoms with Crippen LogP contribution in [0.1, 0.15) is 12.8 Å². The number of hydrogen-bond acceptors (Lipinski definition) is 5. The van der Waals surface area contributed by atoms with E-state index in [0.29, 0.717) is 12.5 Å². The molecule has 3 rings (SSSR count). The molecule has 9 heteroatoms. The van der Waals surface area contributed by atoms with Gasteiger partial charge in [0.15, 0.2) is 11.1 Å². The molecule has 0 radical (unpaired) electrons.